The third kappa shape index (κ3) is 10.1. The molecule has 0 aliphatic rings. The number of nitrogens with zero attached hydrogens (tertiary/aromatic N) is 1. The number of benzene rings is 2. The number of ether oxygens (including phenoxy) is 2. The van der Waals surface area contributed by atoms with Gasteiger partial charge in [0.2, 0.25) is 11.8 Å². The van der Waals surface area contributed by atoms with Gasteiger partial charge in [0.15, 0.2) is 23.0 Å². The highest BCUT2D eigenvalue weighted by Gasteiger charge is 2.24. The van der Waals surface area contributed by atoms with E-state index >= 15 is 0 Å². The van der Waals surface area contributed by atoms with Gasteiger partial charge in [0, 0.05) is 30.2 Å². The van der Waals surface area contributed by atoms with E-state index in [1.807, 2.05) is 0 Å². The van der Waals surface area contributed by atoms with Crippen molar-refractivity contribution in [2.75, 3.05) is 6.61 Å². The Kier molecular flexibility index (Phi) is 13.4. The predicted octanol–water partition coefficient (Wildman–Crippen LogP) is 4.73. The number of alkyl halides is 2. The SMILES string of the molecule is C[C@H](NC(=O)CCCCOc1cc(-c2nc(C(=O)NCc3ccc(F)cc3F)c([C@H](C)N)o2)ccc1OC(F)F)C(=O)O.Cl. The molecule has 5 N–H and O–H groups in total. The molecule has 0 fully saturated rings. The molecule has 0 aliphatic heterocycles. The minimum atomic E-state index is -3.15. The van der Waals surface area contributed by atoms with Crippen LogP contribution in [0.3, 0.4) is 0 Å². The largest absolute Gasteiger partial charge is 0.490 e. The Hall–Kier alpha value is -4.37. The molecule has 1 heterocycles. The molecule has 0 bridgehead atoms. The van der Waals surface area contributed by atoms with E-state index in [-0.39, 0.29) is 72.0 Å². The number of aliphatic carboxylic acids is 1. The number of hydrogen-bond donors (Lipinski definition) is 4. The number of amides is 2. The summed E-state index contributed by atoms with van der Waals surface area (Å²) in [4.78, 5) is 39.8. The number of carboxylic acid groups (broad SMARTS) is 1. The molecule has 2 aromatic carbocycles. The molecule has 44 heavy (non-hydrogen) atoms. The van der Waals surface area contributed by atoms with Crippen molar-refractivity contribution in [3.63, 3.8) is 0 Å². The quantitative estimate of drug-likeness (QED) is 0.135. The fraction of sp³-hybridized carbons (Fsp3) is 0.357. The number of carbonyl (C=O) groups is 3. The van der Waals surface area contributed by atoms with Gasteiger partial charge in [-0.1, -0.05) is 6.07 Å². The Labute approximate surface area is 255 Å². The molecule has 240 valence electrons. The Morgan fingerprint density at radius 1 is 1.07 bits per heavy atom. The first-order chi connectivity index (χ1) is 20.3. The van der Waals surface area contributed by atoms with Crippen molar-refractivity contribution in [1.82, 2.24) is 15.6 Å². The Balaban J connectivity index is 0.00000675. The van der Waals surface area contributed by atoms with E-state index in [0.717, 1.165) is 6.07 Å². The van der Waals surface area contributed by atoms with Crippen molar-refractivity contribution in [2.45, 2.75) is 58.3 Å². The molecule has 11 nitrogen and oxygen atoms in total. The maximum Gasteiger partial charge on any atom is 0.387 e. The zero-order valence-electron chi connectivity index (χ0n) is 23.6. The zero-order valence-corrected chi connectivity index (χ0v) is 24.4. The lowest BCUT2D eigenvalue weighted by Gasteiger charge is -2.13. The molecule has 0 spiro atoms. The normalized spacial score (nSPS) is 12.2. The number of hydrogen-bond acceptors (Lipinski definition) is 8. The summed E-state index contributed by atoms with van der Waals surface area (Å²) in [6.45, 7) is -0.562. The maximum absolute atomic E-state index is 14.0. The number of carboxylic acids is 1. The van der Waals surface area contributed by atoms with Gasteiger partial charge in [-0.25, -0.2) is 13.8 Å². The standard InChI is InChI=1S/C28H30F4N4O7.ClH/c1-14(33)24-23(25(38)34-13-17-6-8-18(29)12-19(17)30)36-26(43-24)16-7-9-20(42-28(31)32)21(11-16)41-10-4-3-5-22(37)35-15(2)27(39)40;/h6-9,11-12,14-15,28H,3-5,10,13,33H2,1-2H3,(H,34,38)(H,35,37)(H,39,40);1H/t14-,15-;/m0./s1. The molecule has 16 heteroatoms. The summed E-state index contributed by atoms with van der Waals surface area (Å²) in [6, 6.07) is 4.95. The Bertz CT molecular complexity index is 1460. The Morgan fingerprint density at radius 3 is 2.43 bits per heavy atom. The predicted molar refractivity (Wildman–Crippen MR) is 151 cm³/mol. The van der Waals surface area contributed by atoms with Gasteiger partial charge in [0.05, 0.1) is 12.6 Å². The second-order valence-electron chi connectivity index (χ2n) is 9.41. The summed E-state index contributed by atoms with van der Waals surface area (Å²) in [5.41, 5.74) is 6.02. The minimum absolute atomic E-state index is 0. The molecule has 2 atom stereocenters. The molecule has 0 radical (unpaired) electrons. The fourth-order valence-corrected chi connectivity index (χ4v) is 3.74. The smallest absolute Gasteiger partial charge is 0.387 e. The van der Waals surface area contributed by atoms with E-state index in [1.165, 1.54) is 38.1 Å². The van der Waals surface area contributed by atoms with Gasteiger partial charge in [0.25, 0.3) is 5.91 Å². The summed E-state index contributed by atoms with van der Waals surface area (Å²) in [5, 5.41) is 13.6. The molecule has 0 saturated heterocycles. The number of carbonyl (C=O) groups excluding carboxylic acids is 2. The van der Waals surface area contributed by atoms with Crippen LogP contribution in [-0.2, 0) is 16.1 Å². The summed E-state index contributed by atoms with van der Waals surface area (Å²) in [6.07, 6.45) is 0.664. The van der Waals surface area contributed by atoms with Gasteiger partial charge in [-0.3, -0.25) is 14.4 Å². The Morgan fingerprint density at radius 2 is 1.80 bits per heavy atom. The first-order valence-electron chi connectivity index (χ1n) is 13.1. The molecular weight excluding hydrogens is 616 g/mol. The van der Waals surface area contributed by atoms with E-state index in [0.29, 0.717) is 18.9 Å². The summed E-state index contributed by atoms with van der Waals surface area (Å²) in [7, 11) is 0. The number of halogens is 5. The van der Waals surface area contributed by atoms with Crippen molar-refractivity contribution in [3.05, 3.63) is 65.1 Å². The van der Waals surface area contributed by atoms with Crippen LogP contribution in [0.1, 0.15) is 61.0 Å². The molecule has 2 amide bonds. The molecule has 1 aromatic heterocycles. The number of aromatic nitrogens is 1. The molecule has 0 aliphatic carbocycles. The zero-order chi connectivity index (χ0) is 31.7. The van der Waals surface area contributed by atoms with Crippen LogP contribution in [0.2, 0.25) is 0 Å². The van der Waals surface area contributed by atoms with Crippen molar-refractivity contribution in [3.8, 4) is 23.0 Å². The second kappa shape index (κ2) is 16.5. The van der Waals surface area contributed by atoms with E-state index in [2.05, 4.69) is 20.4 Å². The van der Waals surface area contributed by atoms with Gasteiger partial charge in [-0.05, 0) is 51.0 Å². The number of nitrogens with one attached hydrogen (secondary N) is 2. The van der Waals surface area contributed by atoms with Crippen LogP contribution in [0.5, 0.6) is 11.5 Å². The molecule has 0 saturated carbocycles. The highest BCUT2D eigenvalue weighted by Crippen LogP contribution is 2.35. The van der Waals surface area contributed by atoms with E-state index in [4.69, 9.17) is 20.0 Å². The highest BCUT2D eigenvalue weighted by molar-refractivity contribution is 5.94. The molecule has 0 unspecified atom stereocenters. The summed E-state index contributed by atoms with van der Waals surface area (Å²) < 4.78 is 69.0. The van der Waals surface area contributed by atoms with E-state index in [9.17, 15) is 31.9 Å². The first-order valence-corrected chi connectivity index (χ1v) is 13.1. The van der Waals surface area contributed by atoms with Crippen LogP contribution >= 0.6 is 12.4 Å². The van der Waals surface area contributed by atoms with Crippen molar-refractivity contribution in [1.29, 1.82) is 0 Å². The topological polar surface area (TPSA) is 166 Å². The first kappa shape index (κ1) is 35.8. The van der Waals surface area contributed by atoms with Crippen LogP contribution < -0.4 is 25.8 Å². The van der Waals surface area contributed by atoms with Crippen LogP contribution in [0.25, 0.3) is 11.5 Å². The monoisotopic (exact) mass is 646 g/mol. The lowest BCUT2D eigenvalue weighted by atomic mass is 10.2. The van der Waals surface area contributed by atoms with Crippen LogP contribution in [0, 0.1) is 11.6 Å². The third-order valence-electron chi connectivity index (χ3n) is 5.95. The van der Waals surface area contributed by atoms with Gasteiger partial charge >= 0.3 is 12.6 Å². The minimum Gasteiger partial charge on any atom is -0.490 e. The van der Waals surface area contributed by atoms with E-state index in [1.54, 1.807) is 0 Å². The second-order valence-corrected chi connectivity index (χ2v) is 9.41. The maximum atomic E-state index is 14.0. The molecular formula is C28H31ClF4N4O7. The van der Waals surface area contributed by atoms with Gasteiger partial charge < -0.3 is 35.4 Å². The van der Waals surface area contributed by atoms with Gasteiger partial charge in [0.1, 0.15) is 17.7 Å². The van der Waals surface area contributed by atoms with Crippen LogP contribution in [0.15, 0.2) is 40.8 Å². The van der Waals surface area contributed by atoms with Gasteiger partial charge in [-0.2, -0.15) is 8.78 Å². The lowest BCUT2D eigenvalue weighted by molar-refractivity contribution is -0.141. The van der Waals surface area contributed by atoms with Gasteiger partial charge in [-0.15, -0.1) is 12.4 Å². The van der Waals surface area contributed by atoms with Crippen LogP contribution in [0.4, 0.5) is 17.6 Å². The van der Waals surface area contributed by atoms with Crippen molar-refractivity contribution >= 4 is 30.2 Å². The molecule has 3 rings (SSSR count). The van der Waals surface area contributed by atoms with Crippen molar-refractivity contribution in [2.24, 2.45) is 5.73 Å². The number of rotatable bonds is 15. The average Bonchev–Trinajstić information content (AvgIpc) is 3.39. The summed E-state index contributed by atoms with van der Waals surface area (Å²) in [5.74, 6) is -4.47. The fourth-order valence-electron chi connectivity index (χ4n) is 3.74. The van der Waals surface area contributed by atoms with Crippen molar-refractivity contribution < 1.29 is 50.9 Å². The third-order valence-corrected chi connectivity index (χ3v) is 5.95. The summed E-state index contributed by atoms with van der Waals surface area (Å²) >= 11 is 0. The number of unbranched alkanes of at least 4 members (excludes halogenated alkanes) is 1. The highest BCUT2D eigenvalue weighted by atomic mass is 35.5. The lowest BCUT2D eigenvalue weighted by Crippen LogP contribution is -2.38. The number of oxazole rings is 1. The van der Waals surface area contributed by atoms with E-state index < -0.39 is 48.1 Å². The van der Waals surface area contributed by atoms with Crippen LogP contribution in [-0.4, -0.2) is 47.1 Å². The number of nitrogens with two attached hydrogens (primary N) is 1. The average molecular weight is 647 g/mol. The molecule has 3 aromatic rings.